The predicted molar refractivity (Wildman–Crippen MR) is 62.5 cm³/mol. The second-order valence-corrected chi connectivity index (χ2v) is 4.26. The molecule has 1 aromatic carbocycles. The van der Waals surface area contributed by atoms with Crippen molar-refractivity contribution in [1.29, 1.82) is 0 Å². The van der Waals surface area contributed by atoms with Gasteiger partial charge in [-0.2, -0.15) is 0 Å². The van der Waals surface area contributed by atoms with Gasteiger partial charge < -0.3 is 0 Å². The van der Waals surface area contributed by atoms with Crippen molar-refractivity contribution in [2.24, 2.45) is 0 Å². The van der Waals surface area contributed by atoms with Crippen molar-refractivity contribution < 1.29 is 19.6 Å². The lowest BCUT2D eigenvalue weighted by Crippen LogP contribution is -2.11. The fourth-order valence-electron chi connectivity index (χ4n) is 1.19. The minimum absolute atomic E-state index is 0.0596. The Morgan fingerprint density at radius 3 is 2.56 bits per heavy atom. The second-order valence-electron chi connectivity index (χ2n) is 3.25. The SMILES string of the molecule is O=C(Nc1ncc(N(O)O)s1)c1ccc(F)cc1. The van der Waals surface area contributed by atoms with E-state index in [4.69, 9.17) is 10.4 Å². The first-order valence-corrected chi connectivity index (χ1v) is 5.58. The van der Waals surface area contributed by atoms with Crippen molar-refractivity contribution in [3.63, 3.8) is 0 Å². The third-order valence-electron chi connectivity index (χ3n) is 2.02. The minimum Gasteiger partial charge on any atom is -0.298 e. The molecule has 1 aromatic heterocycles. The summed E-state index contributed by atoms with van der Waals surface area (Å²) in [5.74, 6) is -0.891. The first kappa shape index (κ1) is 12.4. The van der Waals surface area contributed by atoms with Crippen LogP contribution in [0.1, 0.15) is 10.4 Å². The molecule has 6 nitrogen and oxygen atoms in total. The predicted octanol–water partition coefficient (Wildman–Crippen LogP) is 2.12. The smallest absolute Gasteiger partial charge is 0.257 e. The van der Waals surface area contributed by atoms with Gasteiger partial charge in [-0.1, -0.05) is 11.3 Å². The molecule has 0 unspecified atom stereocenters. The molecule has 0 bridgehead atoms. The summed E-state index contributed by atoms with van der Waals surface area (Å²) >= 11 is 0.876. The standard InChI is InChI=1S/C10H8FN3O3S/c11-7-3-1-6(2-4-7)9(15)13-10-12-5-8(18-10)14(16)17/h1-5,16-17H,(H,12,13,15). The summed E-state index contributed by atoms with van der Waals surface area (Å²) in [5.41, 5.74) is 0.276. The lowest BCUT2D eigenvalue weighted by atomic mass is 10.2. The van der Waals surface area contributed by atoms with Gasteiger partial charge in [0.2, 0.25) is 0 Å². The van der Waals surface area contributed by atoms with E-state index in [1.54, 1.807) is 0 Å². The summed E-state index contributed by atoms with van der Waals surface area (Å²) in [4.78, 5) is 15.5. The average molecular weight is 269 g/mol. The van der Waals surface area contributed by atoms with E-state index in [1.807, 2.05) is 0 Å². The maximum atomic E-state index is 12.7. The van der Waals surface area contributed by atoms with Gasteiger partial charge in [-0.3, -0.25) is 20.5 Å². The number of carbonyl (C=O) groups excluding carboxylic acids is 1. The number of benzene rings is 1. The summed E-state index contributed by atoms with van der Waals surface area (Å²) in [6, 6.07) is 5.02. The first-order valence-electron chi connectivity index (χ1n) is 4.77. The molecule has 0 aliphatic rings. The van der Waals surface area contributed by atoms with Crippen molar-refractivity contribution >= 4 is 27.4 Å². The average Bonchev–Trinajstić information content (AvgIpc) is 2.78. The summed E-state index contributed by atoms with van der Waals surface area (Å²) in [6.45, 7) is 0. The summed E-state index contributed by atoms with van der Waals surface area (Å²) in [5, 5.41) is 20.1. The number of rotatable bonds is 3. The molecule has 8 heteroatoms. The van der Waals surface area contributed by atoms with E-state index >= 15 is 0 Å². The van der Waals surface area contributed by atoms with Crippen molar-refractivity contribution in [3.05, 3.63) is 41.8 Å². The minimum atomic E-state index is -0.460. The van der Waals surface area contributed by atoms with Crippen LogP contribution < -0.4 is 10.5 Å². The summed E-state index contributed by atoms with van der Waals surface area (Å²) < 4.78 is 12.7. The highest BCUT2D eigenvalue weighted by molar-refractivity contribution is 7.19. The van der Waals surface area contributed by atoms with E-state index < -0.39 is 11.7 Å². The molecule has 0 fully saturated rings. The zero-order valence-corrected chi connectivity index (χ0v) is 9.69. The molecule has 1 heterocycles. The molecule has 0 aliphatic carbocycles. The Bertz CT molecular complexity index is 556. The Hall–Kier alpha value is -2.03. The van der Waals surface area contributed by atoms with Crippen LogP contribution in [-0.4, -0.2) is 21.3 Å². The van der Waals surface area contributed by atoms with E-state index in [9.17, 15) is 9.18 Å². The lowest BCUT2D eigenvalue weighted by molar-refractivity contribution is 0.0311. The molecule has 18 heavy (non-hydrogen) atoms. The highest BCUT2D eigenvalue weighted by Crippen LogP contribution is 2.25. The molecule has 1 amide bonds. The number of hydrogen-bond acceptors (Lipinski definition) is 6. The zero-order chi connectivity index (χ0) is 13.1. The largest absolute Gasteiger partial charge is 0.298 e. The first-order chi connectivity index (χ1) is 8.56. The number of halogens is 1. The fraction of sp³-hybridized carbons (Fsp3) is 0. The maximum absolute atomic E-state index is 12.7. The highest BCUT2D eigenvalue weighted by atomic mass is 32.1. The van der Waals surface area contributed by atoms with Crippen LogP contribution >= 0.6 is 11.3 Å². The van der Waals surface area contributed by atoms with Crippen LogP contribution in [0.5, 0.6) is 0 Å². The summed E-state index contributed by atoms with van der Waals surface area (Å²) in [7, 11) is 0. The van der Waals surface area contributed by atoms with Crippen LogP contribution in [0.4, 0.5) is 14.5 Å². The van der Waals surface area contributed by atoms with E-state index in [2.05, 4.69) is 10.3 Å². The van der Waals surface area contributed by atoms with E-state index in [0.717, 1.165) is 11.3 Å². The quantitative estimate of drug-likeness (QED) is 0.743. The van der Waals surface area contributed by atoms with Crippen LogP contribution in [0.2, 0.25) is 0 Å². The molecular weight excluding hydrogens is 261 g/mol. The Labute approximate surface area is 105 Å². The number of hydrogen-bond donors (Lipinski definition) is 3. The normalized spacial score (nSPS) is 10.2. The van der Waals surface area contributed by atoms with E-state index in [0.29, 0.717) is 0 Å². The molecule has 3 N–H and O–H groups in total. The van der Waals surface area contributed by atoms with Gasteiger partial charge in [0, 0.05) is 5.56 Å². The van der Waals surface area contributed by atoms with Gasteiger partial charge in [-0.25, -0.2) is 9.37 Å². The Morgan fingerprint density at radius 1 is 1.33 bits per heavy atom. The summed E-state index contributed by atoms with van der Waals surface area (Å²) in [6.07, 6.45) is 1.19. The molecule has 94 valence electrons. The van der Waals surface area contributed by atoms with Crippen LogP contribution in [0.25, 0.3) is 0 Å². The van der Waals surface area contributed by atoms with Gasteiger partial charge in [-0.05, 0) is 24.3 Å². The number of aromatic nitrogens is 1. The lowest BCUT2D eigenvalue weighted by Gasteiger charge is -2.02. The van der Waals surface area contributed by atoms with Crippen LogP contribution in [0.3, 0.4) is 0 Å². The fourth-order valence-corrected chi connectivity index (χ4v) is 1.82. The molecule has 2 aromatic rings. The third-order valence-corrected chi connectivity index (χ3v) is 2.90. The van der Waals surface area contributed by atoms with Gasteiger partial charge in [0.05, 0.1) is 6.20 Å². The van der Waals surface area contributed by atoms with Gasteiger partial charge in [-0.15, -0.1) is 5.23 Å². The van der Waals surface area contributed by atoms with Gasteiger partial charge in [0.25, 0.3) is 5.91 Å². The Balaban J connectivity index is 2.08. The number of amides is 1. The van der Waals surface area contributed by atoms with Crippen LogP contribution in [0.15, 0.2) is 30.5 Å². The molecule has 0 atom stereocenters. The number of nitrogens with zero attached hydrogens (tertiary/aromatic N) is 2. The molecule has 0 radical (unpaired) electrons. The molecular formula is C10H8FN3O3S. The number of carbonyl (C=O) groups is 1. The monoisotopic (exact) mass is 269 g/mol. The van der Waals surface area contributed by atoms with Crippen LogP contribution in [0, 0.1) is 5.82 Å². The number of anilines is 2. The number of thiazole rings is 1. The highest BCUT2D eigenvalue weighted by Gasteiger charge is 2.10. The Morgan fingerprint density at radius 2 is 2.00 bits per heavy atom. The molecule has 0 saturated carbocycles. The molecule has 2 rings (SSSR count). The van der Waals surface area contributed by atoms with Gasteiger partial charge in [0.15, 0.2) is 10.1 Å². The zero-order valence-electron chi connectivity index (χ0n) is 8.87. The molecule has 0 aliphatic heterocycles. The van der Waals surface area contributed by atoms with E-state index in [1.165, 1.54) is 30.5 Å². The molecule has 0 spiro atoms. The van der Waals surface area contributed by atoms with Gasteiger partial charge in [0.1, 0.15) is 5.82 Å². The van der Waals surface area contributed by atoms with Crippen molar-refractivity contribution in [2.75, 3.05) is 10.5 Å². The molecule has 0 saturated heterocycles. The van der Waals surface area contributed by atoms with Crippen molar-refractivity contribution in [1.82, 2.24) is 4.98 Å². The van der Waals surface area contributed by atoms with Crippen LogP contribution in [-0.2, 0) is 0 Å². The maximum Gasteiger partial charge on any atom is 0.257 e. The van der Waals surface area contributed by atoms with Gasteiger partial charge >= 0.3 is 0 Å². The van der Waals surface area contributed by atoms with E-state index in [-0.39, 0.29) is 20.9 Å². The third kappa shape index (κ3) is 2.80. The Kier molecular flexibility index (Phi) is 3.51. The topological polar surface area (TPSA) is 85.7 Å². The van der Waals surface area contributed by atoms with Crippen molar-refractivity contribution in [3.8, 4) is 0 Å². The second kappa shape index (κ2) is 5.08. The van der Waals surface area contributed by atoms with Crippen molar-refractivity contribution in [2.45, 2.75) is 0 Å². The number of nitrogens with one attached hydrogen (secondary N) is 1.